The first-order valence-electron chi connectivity index (χ1n) is 11.5. The van der Waals surface area contributed by atoms with Crippen molar-refractivity contribution < 1.29 is 23.8 Å². The average molecular weight is 443 g/mol. The summed E-state index contributed by atoms with van der Waals surface area (Å²) in [4.78, 5) is 23.2. The first kappa shape index (κ1) is 22.8. The molecule has 4 rings (SSSR count). The molecule has 32 heavy (non-hydrogen) atoms. The first-order valence-corrected chi connectivity index (χ1v) is 11.5. The van der Waals surface area contributed by atoms with Gasteiger partial charge in [-0.05, 0) is 62.1 Å². The van der Waals surface area contributed by atoms with Crippen molar-refractivity contribution in [1.29, 1.82) is 0 Å². The van der Waals surface area contributed by atoms with Crippen molar-refractivity contribution in [2.75, 3.05) is 6.61 Å². The minimum Gasteiger partial charge on any atom is -0.493 e. The highest BCUT2D eigenvalue weighted by molar-refractivity contribution is 5.77. The lowest BCUT2D eigenvalue weighted by molar-refractivity contribution is -0.210. The van der Waals surface area contributed by atoms with Crippen molar-refractivity contribution in [3.8, 4) is 5.75 Å². The maximum Gasteiger partial charge on any atom is 0.336 e. The summed E-state index contributed by atoms with van der Waals surface area (Å²) in [6.45, 7) is 10.4. The number of rotatable bonds is 4. The molecule has 2 aliphatic carbocycles. The maximum atomic E-state index is 11.7. The fraction of sp³-hybridized carbons (Fsp3) is 0.615. The molecule has 5 atom stereocenters. The third-order valence-electron chi connectivity index (χ3n) is 8.27. The molecule has 2 saturated carbocycles. The van der Waals surface area contributed by atoms with Crippen LogP contribution in [-0.2, 0) is 9.53 Å². The number of aliphatic hydroxyl groups is 1. The largest absolute Gasteiger partial charge is 0.493 e. The molecule has 0 bridgehead atoms. The molecule has 6 nitrogen and oxygen atoms in total. The molecular formula is C26H34O6. The average Bonchev–Trinajstić information content (AvgIpc) is 2.68. The Hall–Kier alpha value is -2.34. The van der Waals surface area contributed by atoms with Crippen LogP contribution in [0.15, 0.2) is 39.5 Å². The number of esters is 1. The Kier molecular flexibility index (Phi) is 5.64. The van der Waals surface area contributed by atoms with E-state index in [9.17, 15) is 14.7 Å². The van der Waals surface area contributed by atoms with Crippen LogP contribution >= 0.6 is 0 Å². The molecule has 1 heterocycles. The van der Waals surface area contributed by atoms with E-state index in [1.54, 1.807) is 12.1 Å². The van der Waals surface area contributed by atoms with Gasteiger partial charge in [-0.1, -0.05) is 20.8 Å². The van der Waals surface area contributed by atoms with E-state index in [2.05, 4.69) is 20.8 Å². The fourth-order valence-electron chi connectivity index (χ4n) is 6.59. The molecule has 2 aromatic rings. The lowest BCUT2D eigenvalue weighted by Gasteiger charge is -2.62. The number of hydrogen-bond donors (Lipinski definition) is 1. The van der Waals surface area contributed by atoms with Gasteiger partial charge in [-0.25, -0.2) is 4.79 Å². The van der Waals surface area contributed by atoms with Crippen molar-refractivity contribution in [1.82, 2.24) is 0 Å². The molecule has 0 spiro atoms. The normalized spacial score (nSPS) is 34.0. The zero-order valence-corrected chi connectivity index (χ0v) is 19.6. The van der Waals surface area contributed by atoms with Gasteiger partial charge in [0.25, 0.3) is 0 Å². The van der Waals surface area contributed by atoms with Gasteiger partial charge in [0.15, 0.2) is 0 Å². The van der Waals surface area contributed by atoms with Gasteiger partial charge in [-0.15, -0.1) is 0 Å². The number of benzene rings is 1. The zero-order valence-electron chi connectivity index (χ0n) is 19.6. The fourth-order valence-corrected chi connectivity index (χ4v) is 6.59. The number of hydrogen-bond acceptors (Lipinski definition) is 6. The number of fused-ring (bicyclic) bond motifs is 2. The van der Waals surface area contributed by atoms with Crippen molar-refractivity contribution >= 4 is 16.9 Å². The molecular weight excluding hydrogens is 408 g/mol. The molecule has 2 fully saturated rings. The van der Waals surface area contributed by atoms with Gasteiger partial charge in [0, 0.05) is 35.8 Å². The van der Waals surface area contributed by atoms with Gasteiger partial charge in [0.2, 0.25) is 0 Å². The summed E-state index contributed by atoms with van der Waals surface area (Å²) in [5.74, 6) is 0.569. The van der Waals surface area contributed by atoms with Gasteiger partial charge in [0.1, 0.15) is 17.4 Å². The van der Waals surface area contributed by atoms with E-state index in [4.69, 9.17) is 13.9 Å². The van der Waals surface area contributed by atoms with Crippen LogP contribution in [0.3, 0.4) is 0 Å². The molecule has 6 heteroatoms. The van der Waals surface area contributed by atoms with Crippen LogP contribution in [-0.4, -0.2) is 29.4 Å². The van der Waals surface area contributed by atoms with Crippen LogP contribution in [0.2, 0.25) is 0 Å². The highest BCUT2D eigenvalue weighted by Crippen LogP contribution is 2.62. The van der Waals surface area contributed by atoms with E-state index in [1.807, 2.05) is 19.1 Å². The van der Waals surface area contributed by atoms with E-state index in [0.29, 0.717) is 24.4 Å². The SMILES string of the molecule is CC(=O)O[C@@H]1CC[C@@]2(C)[C@@H](CC[C@](C)(O)[C@H]2COc2ccc3ccc(=O)oc3c2)C1(C)C. The molecule has 0 saturated heterocycles. The molecule has 0 aliphatic heterocycles. The molecule has 2 aliphatic rings. The van der Waals surface area contributed by atoms with Crippen LogP contribution < -0.4 is 10.4 Å². The smallest absolute Gasteiger partial charge is 0.336 e. The Morgan fingerprint density at radius 1 is 1.12 bits per heavy atom. The summed E-state index contributed by atoms with van der Waals surface area (Å²) in [7, 11) is 0. The molecule has 174 valence electrons. The molecule has 1 aromatic heterocycles. The summed E-state index contributed by atoms with van der Waals surface area (Å²) in [5.41, 5.74) is -1.13. The maximum absolute atomic E-state index is 11.7. The van der Waals surface area contributed by atoms with Crippen molar-refractivity contribution in [2.24, 2.45) is 22.7 Å². The highest BCUT2D eigenvalue weighted by atomic mass is 16.5. The van der Waals surface area contributed by atoms with Gasteiger partial charge in [0.05, 0.1) is 12.2 Å². The first-order chi connectivity index (χ1) is 14.9. The Balaban J connectivity index is 1.59. The van der Waals surface area contributed by atoms with Crippen LogP contribution in [0.4, 0.5) is 0 Å². The summed E-state index contributed by atoms with van der Waals surface area (Å²) in [5, 5.41) is 12.2. The van der Waals surface area contributed by atoms with Crippen molar-refractivity contribution in [2.45, 2.75) is 72.0 Å². The molecule has 0 radical (unpaired) electrons. The number of carbonyl (C=O) groups excluding carboxylic acids is 1. The second-order valence-corrected chi connectivity index (χ2v) is 10.7. The topological polar surface area (TPSA) is 86.0 Å². The number of carbonyl (C=O) groups is 1. The highest BCUT2D eigenvalue weighted by Gasteiger charge is 2.61. The molecule has 1 aromatic carbocycles. The van der Waals surface area contributed by atoms with Crippen molar-refractivity contribution in [3.63, 3.8) is 0 Å². The summed E-state index contributed by atoms with van der Waals surface area (Å²) in [6.07, 6.45) is 3.06. The minimum atomic E-state index is -0.862. The van der Waals surface area contributed by atoms with E-state index in [-0.39, 0.29) is 34.7 Å². The zero-order chi connectivity index (χ0) is 23.3. The standard InChI is InChI=1S/C26H34O6/c1-16(27)31-22-11-12-25(4)20(24(22,2)3)10-13-26(5,29)21(25)15-30-18-8-6-17-7-9-23(28)32-19(17)14-18/h6-9,14,20-22,29H,10-13,15H2,1-5H3/t20-,21-,22+,25-,26-/m0/s1. The molecule has 1 N–H and O–H groups in total. The summed E-state index contributed by atoms with van der Waals surface area (Å²) >= 11 is 0. The predicted molar refractivity (Wildman–Crippen MR) is 121 cm³/mol. The second kappa shape index (κ2) is 7.91. The predicted octanol–water partition coefficient (Wildman–Crippen LogP) is 4.71. The Labute approximate surface area is 188 Å². The van der Waals surface area contributed by atoms with Crippen LogP contribution in [0.5, 0.6) is 5.75 Å². The minimum absolute atomic E-state index is 0.0928. The van der Waals surface area contributed by atoms with E-state index in [0.717, 1.165) is 24.6 Å². The molecule has 0 unspecified atom stereocenters. The van der Waals surface area contributed by atoms with Crippen LogP contribution in [0.25, 0.3) is 11.0 Å². The molecule has 0 amide bonds. The van der Waals surface area contributed by atoms with E-state index < -0.39 is 11.2 Å². The van der Waals surface area contributed by atoms with Crippen LogP contribution in [0, 0.1) is 22.7 Å². The van der Waals surface area contributed by atoms with Gasteiger partial charge in [-0.2, -0.15) is 0 Å². The van der Waals surface area contributed by atoms with E-state index >= 15 is 0 Å². The number of ether oxygens (including phenoxy) is 2. The van der Waals surface area contributed by atoms with Crippen LogP contribution in [0.1, 0.15) is 60.3 Å². The Bertz CT molecular complexity index is 1070. The third kappa shape index (κ3) is 3.94. The summed E-state index contributed by atoms with van der Waals surface area (Å²) < 4.78 is 17.2. The second-order valence-electron chi connectivity index (χ2n) is 10.7. The lowest BCUT2D eigenvalue weighted by Crippen LogP contribution is -2.62. The van der Waals surface area contributed by atoms with Gasteiger partial charge in [-0.3, -0.25) is 4.79 Å². The Morgan fingerprint density at radius 2 is 1.84 bits per heavy atom. The summed E-state index contributed by atoms with van der Waals surface area (Å²) in [6, 6.07) is 8.59. The Morgan fingerprint density at radius 3 is 2.56 bits per heavy atom. The quantitative estimate of drug-likeness (QED) is 0.545. The lowest BCUT2D eigenvalue weighted by atomic mass is 9.45. The van der Waals surface area contributed by atoms with E-state index in [1.165, 1.54) is 13.0 Å². The monoisotopic (exact) mass is 442 g/mol. The van der Waals surface area contributed by atoms with Crippen molar-refractivity contribution in [3.05, 3.63) is 40.8 Å². The van der Waals surface area contributed by atoms with Gasteiger partial charge >= 0.3 is 11.6 Å². The van der Waals surface area contributed by atoms with Gasteiger partial charge < -0.3 is 19.0 Å². The third-order valence-corrected chi connectivity index (χ3v) is 8.27.